The number of ether oxygens (including phenoxy) is 2. The molecule has 9 heteroatoms. The number of anilines is 1. The highest BCUT2D eigenvalue weighted by Gasteiger charge is 2.53. The molecule has 0 spiro atoms. The second-order valence-corrected chi connectivity index (χ2v) is 12.8. The Hall–Kier alpha value is -2.64. The number of nitrogens with zero attached hydrogens (tertiary/aromatic N) is 2. The number of benzene rings is 2. The van der Waals surface area contributed by atoms with Crippen LogP contribution in [-0.2, 0) is 9.53 Å². The van der Waals surface area contributed by atoms with Gasteiger partial charge in [0.2, 0.25) is 0 Å². The van der Waals surface area contributed by atoms with Crippen molar-refractivity contribution in [3.63, 3.8) is 0 Å². The lowest BCUT2D eigenvalue weighted by atomic mass is 9.76. The molecule has 0 aromatic heterocycles. The van der Waals surface area contributed by atoms with E-state index < -0.39 is 23.6 Å². The minimum Gasteiger partial charge on any atom is -0.485 e. The molecule has 0 saturated carbocycles. The van der Waals surface area contributed by atoms with Gasteiger partial charge in [-0.15, -0.1) is 0 Å². The van der Waals surface area contributed by atoms with Gasteiger partial charge in [0.25, 0.3) is 0 Å². The molecule has 210 valence electrons. The molecule has 1 N–H and O–H groups in total. The van der Waals surface area contributed by atoms with Gasteiger partial charge in [0.15, 0.2) is 5.75 Å². The van der Waals surface area contributed by atoms with E-state index in [2.05, 4.69) is 17.0 Å². The lowest BCUT2D eigenvalue weighted by Crippen LogP contribution is -2.54. The SMILES string of the molecule is Cc1cc(Cl)c(O[C@@H]2CCN(c3ccc([C@@H]4C[C@H]5CC[C@@H](C4C(=O)O)N5C(=O)OC(C)(C)C)cc3)C2)c(Cl)c1. The molecule has 5 rings (SSSR count). The van der Waals surface area contributed by atoms with Crippen LogP contribution in [0.4, 0.5) is 10.5 Å². The van der Waals surface area contributed by atoms with E-state index in [0.29, 0.717) is 35.2 Å². The molecule has 2 bridgehead atoms. The van der Waals surface area contributed by atoms with Crippen molar-refractivity contribution >= 4 is 41.0 Å². The number of hydrogen-bond donors (Lipinski definition) is 1. The first-order valence-corrected chi connectivity index (χ1v) is 14.4. The highest BCUT2D eigenvalue weighted by atomic mass is 35.5. The Kier molecular flexibility index (Phi) is 7.68. The Morgan fingerprint density at radius 1 is 1.03 bits per heavy atom. The summed E-state index contributed by atoms with van der Waals surface area (Å²) in [5.41, 5.74) is 2.42. The monoisotopic (exact) mass is 574 g/mol. The molecule has 3 fully saturated rings. The van der Waals surface area contributed by atoms with E-state index in [1.165, 1.54) is 0 Å². The van der Waals surface area contributed by atoms with Crippen LogP contribution in [0, 0.1) is 12.8 Å². The zero-order valence-corrected chi connectivity index (χ0v) is 24.3. The number of aliphatic carboxylic acids is 1. The molecule has 3 aliphatic heterocycles. The summed E-state index contributed by atoms with van der Waals surface area (Å²) in [7, 11) is 0. The van der Waals surface area contributed by atoms with Gasteiger partial charge in [0.1, 0.15) is 11.7 Å². The molecule has 3 heterocycles. The van der Waals surface area contributed by atoms with Crippen molar-refractivity contribution < 1.29 is 24.2 Å². The Labute approximate surface area is 240 Å². The minimum atomic E-state index is -0.865. The van der Waals surface area contributed by atoms with Crippen LogP contribution in [0.1, 0.15) is 63.5 Å². The highest BCUT2D eigenvalue weighted by molar-refractivity contribution is 6.37. The van der Waals surface area contributed by atoms with Gasteiger partial charge in [-0.25, -0.2) is 4.79 Å². The summed E-state index contributed by atoms with van der Waals surface area (Å²) < 4.78 is 11.8. The van der Waals surface area contributed by atoms with Crippen LogP contribution in [0.25, 0.3) is 0 Å². The number of aryl methyl sites for hydroxylation is 1. The fourth-order valence-electron chi connectivity index (χ4n) is 6.44. The van der Waals surface area contributed by atoms with Crippen molar-refractivity contribution in [2.24, 2.45) is 5.92 Å². The van der Waals surface area contributed by atoms with Crippen LogP contribution < -0.4 is 9.64 Å². The van der Waals surface area contributed by atoms with Crippen LogP contribution in [0.15, 0.2) is 36.4 Å². The highest BCUT2D eigenvalue weighted by Crippen LogP contribution is 2.48. The molecule has 5 atom stereocenters. The maximum atomic E-state index is 13.0. The van der Waals surface area contributed by atoms with Crippen LogP contribution in [0.2, 0.25) is 10.0 Å². The number of fused-ring (bicyclic) bond motifs is 2. The van der Waals surface area contributed by atoms with E-state index in [4.69, 9.17) is 32.7 Å². The van der Waals surface area contributed by atoms with Crippen molar-refractivity contribution in [1.29, 1.82) is 0 Å². The normalized spacial score (nSPS) is 26.6. The quantitative estimate of drug-likeness (QED) is 0.417. The number of amides is 1. The van der Waals surface area contributed by atoms with E-state index in [9.17, 15) is 14.7 Å². The third-order valence-corrected chi connectivity index (χ3v) is 8.63. The lowest BCUT2D eigenvalue weighted by molar-refractivity contribution is -0.146. The number of carboxylic acid groups (broad SMARTS) is 1. The van der Waals surface area contributed by atoms with Gasteiger partial charge in [-0.3, -0.25) is 4.79 Å². The fourth-order valence-corrected chi connectivity index (χ4v) is 7.13. The van der Waals surface area contributed by atoms with Crippen molar-refractivity contribution in [3.8, 4) is 5.75 Å². The van der Waals surface area contributed by atoms with Gasteiger partial charge in [-0.05, 0) is 82.3 Å². The van der Waals surface area contributed by atoms with Crippen molar-refractivity contribution in [2.75, 3.05) is 18.0 Å². The zero-order valence-electron chi connectivity index (χ0n) is 22.8. The summed E-state index contributed by atoms with van der Waals surface area (Å²) >= 11 is 12.8. The Morgan fingerprint density at radius 3 is 2.31 bits per heavy atom. The Bertz CT molecular complexity index is 1220. The fraction of sp³-hybridized carbons (Fsp3) is 0.533. The van der Waals surface area contributed by atoms with E-state index in [0.717, 1.165) is 36.2 Å². The first-order chi connectivity index (χ1) is 18.4. The van der Waals surface area contributed by atoms with E-state index in [-0.39, 0.29) is 24.1 Å². The molecule has 7 nitrogen and oxygen atoms in total. The molecule has 1 amide bonds. The van der Waals surface area contributed by atoms with Gasteiger partial charge in [-0.2, -0.15) is 0 Å². The number of rotatable bonds is 5. The molecule has 39 heavy (non-hydrogen) atoms. The summed E-state index contributed by atoms with van der Waals surface area (Å²) in [4.78, 5) is 29.4. The number of carbonyl (C=O) groups excluding carboxylic acids is 1. The third kappa shape index (κ3) is 5.80. The van der Waals surface area contributed by atoms with Crippen LogP contribution >= 0.6 is 23.2 Å². The average Bonchev–Trinajstić information content (AvgIpc) is 3.43. The van der Waals surface area contributed by atoms with Gasteiger partial charge in [-0.1, -0.05) is 35.3 Å². The maximum absolute atomic E-state index is 13.0. The summed E-state index contributed by atoms with van der Waals surface area (Å²) in [6.07, 6.45) is 2.49. The lowest BCUT2D eigenvalue weighted by Gasteiger charge is -2.43. The van der Waals surface area contributed by atoms with Gasteiger partial charge in [0, 0.05) is 36.7 Å². The largest absolute Gasteiger partial charge is 0.485 e. The second kappa shape index (κ2) is 10.7. The van der Waals surface area contributed by atoms with Crippen molar-refractivity contribution in [2.45, 2.75) is 83.1 Å². The smallest absolute Gasteiger partial charge is 0.410 e. The molecule has 3 saturated heterocycles. The predicted octanol–water partition coefficient (Wildman–Crippen LogP) is 6.92. The summed E-state index contributed by atoms with van der Waals surface area (Å²) in [6.45, 7) is 8.97. The first kappa shape index (κ1) is 27.9. The topological polar surface area (TPSA) is 79.3 Å². The van der Waals surface area contributed by atoms with Crippen LogP contribution in [0.5, 0.6) is 5.75 Å². The molecule has 0 aliphatic carbocycles. The van der Waals surface area contributed by atoms with Gasteiger partial charge < -0.3 is 24.4 Å². The summed E-state index contributed by atoms with van der Waals surface area (Å²) in [5, 5.41) is 11.3. The standard InChI is InChI=1S/C30H36Cl2N2O5/c1-17-13-23(31)27(24(32)14-17)38-21-11-12-33(16-21)19-7-5-18(6-8-19)22-15-20-9-10-25(26(22)28(35)36)34(20)29(37)39-30(2,3)4/h5-8,13-14,20-22,25-26H,9-12,15-16H2,1-4H3,(H,35,36)/t20-,21-,22+,25+,26?/m1/s1. The minimum absolute atomic E-state index is 0.0120. The van der Waals surface area contributed by atoms with Crippen molar-refractivity contribution in [3.05, 3.63) is 57.6 Å². The summed E-state index contributed by atoms with van der Waals surface area (Å²) in [5.74, 6) is -1.17. The van der Waals surface area contributed by atoms with E-state index >= 15 is 0 Å². The number of carboxylic acids is 1. The predicted molar refractivity (Wildman–Crippen MR) is 152 cm³/mol. The van der Waals surface area contributed by atoms with Crippen LogP contribution in [0.3, 0.4) is 0 Å². The third-order valence-electron chi connectivity index (χ3n) is 8.07. The molecule has 2 aromatic carbocycles. The van der Waals surface area contributed by atoms with E-state index in [1.807, 2.05) is 52.0 Å². The number of piperidine rings is 1. The Morgan fingerprint density at radius 2 is 1.69 bits per heavy atom. The molecule has 2 aromatic rings. The Balaban J connectivity index is 1.27. The van der Waals surface area contributed by atoms with Gasteiger partial charge >= 0.3 is 12.1 Å². The van der Waals surface area contributed by atoms with Gasteiger partial charge in [0.05, 0.1) is 22.5 Å². The second-order valence-electron chi connectivity index (χ2n) is 12.0. The van der Waals surface area contributed by atoms with Crippen molar-refractivity contribution in [1.82, 2.24) is 4.90 Å². The molecular formula is C30H36Cl2N2O5. The first-order valence-electron chi connectivity index (χ1n) is 13.6. The van der Waals surface area contributed by atoms with Crippen LogP contribution in [-0.4, -0.2) is 58.9 Å². The molecule has 0 radical (unpaired) electrons. The number of carbonyl (C=O) groups is 2. The maximum Gasteiger partial charge on any atom is 0.410 e. The zero-order chi connectivity index (χ0) is 28.1. The number of halogens is 2. The summed E-state index contributed by atoms with van der Waals surface area (Å²) in [6, 6.07) is 11.5. The molecule has 1 unspecified atom stereocenters. The molecular weight excluding hydrogens is 539 g/mol. The molecule has 3 aliphatic rings. The average molecular weight is 576 g/mol. The number of hydrogen-bond acceptors (Lipinski definition) is 5. The van der Waals surface area contributed by atoms with E-state index in [1.54, 1.807) is 4.90 Å².